The van der Waals surface area contributed by atoms with Crippen molar-refractivity contribution in [2.45, 2.75) is 26.7 Å². The highest BCUT2D eigenvalue weighted by Crippen LogP contribution is 2.12. The standard InChI is InChI=1S/C13H18N6O/c1-3-5-15-11-6-12(18-10(4-2)17-11)19-8-9(7-16-19)13(14)20/h6-8H,3-5H2,1-2H3,(H2,14,20)(H,15,17,18). The normalized spacial score (nSPS) is 10.5. The van der Waals surface area contributed by atoms with Crippen molar-refractivity contribution in [2.24, 2.45) is 5.73 Å². The van der Waals surface area contributed by atoms with Gasteiger partial charge in [-0.1, -0.05) is 13.8 Å². The number of carbonyl (C=O) groups excluding carboxylic acids is 1. The van der Waals surface area contributed by atoms with E-state index in [1.54, 1.807) is 12.3 Å². The number of primary amides is 1. The summed E-state index contributed by atoms with van der Waals surface area (Å²) in [4.78, 5) is 19.9. The predicted molar refractivity (Wildman–Crippen MR) is 75.8 cm³/mol. The van der Waals surface area contributed by atoms with Crippen molar-refractivity contribution in [3.05, 3.63) is 29.8 Å². The second-order valence-corrected chi connectivity index (χ2v) is 4.35. The maximum Gasteiger partial charge on any atom is 0.251 e. The molecule has 0 radical (unpaired) electrons. The van der Waals surface area contributed by atoms with Gasteiger partial charge in [0.2, 0.25) is 0 Å². The Morgan fingerprint density at radius 2 is 2.20 bits per heavy atom. The Balaban J connectivity index is 2.35. The van der Waals surface area contributed by atoms with E-state index in [0.717, 1.165) is 31.0 Å². The smallest absolute Gasteiger partial charge is 0.251 e. The Labute approximate surface area is 117 Å². The van der Waals surface area contributed by atoms with E-state index < -0.39 is 5.91 Å². The molecule has 7 nitrogen and oxygen atoms in total. The molecule has 7 heteroatoms. The van der Waals surface area contributed by atoms with Crippen molar-refractivity contribution >= 4 is 11.7 Å². The van der Waals surface area contributed by atoms with Crippen LogP contribution in [0.2, 0.25) is 0 Å². The summed E-state index contributed by atoms with van der Waals surface area (Å²) in [5.74, 6) is 1.58. The molecule has 0 saturated heterocycles. The monoisotopic (exact) mass is 274 g/mol. The van der Waals surface area contributed by atoms with Crippen LogP contribution in [0.15, 0.2) is 18.5 Å². The van der Waals surface area contributed by atoms with E-state index in [-0.39, 0.29) is 0 Å². The van der Waals surface area contributed by atoms with Gasteiger partial charge in [-0.25, -0.2) is 14.6 Å². The van der Waals surface area contributed by atoms with Gasteiger partial charge < -0.3 is 11.1 Å². The molecule has 0 unspecified atom stereocenters. The average molecular weight is 274 g/mol. The van der Waals surface area contributed by atoms with Crippen LogP contribution in [-0.2, 0) is 6.42 Å². The summed E-state index contributed by atoms with van der Waals surface area (Å²) < 4.78 is 1.53. The van der Waals surface area contributed by atoms with Crippen LogP contribution in [-0.4, -0.2) is 32.2 Å². The van der Waals surface area contributed by atoms with Gasteiger partial charge in [-0.2, -0.15) is 5.10 Å². The topological polar surface area (TPSA) is 98.7 Å². The van der Waals surface area contributed by atoms with Crippen molar-refractivity contribution in [3.63, 3.8) is 0 Å². The first-order valence-electron chi connectivity index (χ1n) is 6.60. The fourth-order valence-corrected chi connectivity index (χ4v) is 1.68. The number of nitrogens with one attached hydrogen (secondary N) is 1. The molecule has 0 aromatic carbocycles. The zero-order chi connectivity index (χ0) is 14.5. The SMILES string of the molecule is CCCNc1cc(-n2cc(C(N)=O)cn2)nc(CC)n1. The molecule has 0 aliphatic rings. The lowest BCUT2D eigenvalue weighted by Gasteiger charge is -2.08. The van der Waals surface area contributed by atoms with Gasteiger partial charge >= 0.3 is 0 Å². The van der Waals surface area contributed by atoms with Gasteiger partial charge in [-0.15, -0.1) is 0 Å². The van der Waals surface area contributed by atoms with Gasteiger partial charge in [0.15, 0.2) is 5.82 Å². The zero-order valence-electron chi connectivity index (χ0n) is 11.6. The van der Waals surface area contributed by atoms with Crippen LogP contribution in [0.3, 0.4) is 0 Å². The third-order valence-corrected chi connectivity index (χ3v) is 2.73. The van der Waals surface area contributed by atoms with E-state index in [4.69, 9.17) is 5.73 Å². The van der Waals surface area contributed by atoms with Crippen LogP contribution < -0.4 is 11.1 Å². The lowest BCUT2D eigenvalue weighted by atomic mass is 10.3. The fourth-order valence-electron chi connectivity index (χ4n) is 1.68. The second kappa shape index (κ2) is 6.14. The minimum absolute atomic E-state index is 0.352. The van der Waals surface area contributed by atoms with Crippen molar-refractivity contribution in [1.29, 1.82) is 0 Å². The van der Waals surface area contributed by atoms with Gasteiger partial charge in [0.25, 0.3) is 5.91 Å². The molecule has 0 spiro atoms. The third kappa shape index (κ3) is 3.11. The maximum absolute atomic E-state index is 11.1. The first-order chi connectivity index (χ1) is 9.63. The Morgan fingerprint density at radius 1 is 1.40 bits per heavy atom. The van der Waals surface area contributed by atoms with Crippen LogP contribution >= 0.6 is 0 Å². The molecule has 2 aromatic rings. The van der Waals surface area contributed by atoms with E-state index in [0.29, 0.717) is 11.4 Å². The van der Waals surface area contributed by atoms with Gasteiger partial charge in [0.05, 0.1) is 11.8 Å². The molecular weight excluding hydrogens is 256 g/mol. The highest BCUT2D eigenvalue weighted by atomic mass is 16.1. The summed E-state index contributed by atoms with van der Waals surface area (Å²) in [7, 11) is 0. The van der Waals surface area contributed by atoms with Crippen LogP contribution in [0.1, 0.15) is 36.5 Å². The van der Waals surface area contributed by atoms with Crippen LogP contribution in [0.25, 0.3) is 5.82 Å². The van der Waals surface area contributed by atoms with E-state index in [1.807, 2.05) is 6.92 Å². The van der Waals surface area contributed by atoms with Crippen LogP contribution in [0.5, 0.6) is 0 Å². The van der Waals surface area contributed by atoms with Crippen molar-refractivity contribution in [1.82, 2.24) is 19.7 Å². The van der Waals surface area contributed by atoms with Crippen LogP contribution in [0, 0.1) is 0 Å². The molecular formula is C13H18N6O. The fraction of sp³-hybridized carbons (Fsp3) is 0.385. The minimum Gasteiger partial charge on any atom is -0.370 e. The number of nitrogens with zero attached hydrogens (tertiary/aromatic N) is 4. The molecule has 0 bridgehead atoms. The molecule has 3 N–H and O–H groups in total. The van der Waals surface area contributed by atoms with Gasteiger partial charge in [0.1, 0.15) is 11.6 Å². The summed E-state index contributed by atoms with van der Waals surface area (Å²) in [6, 6.07) is 1.80. The molecule has 0 aliphatic carbocycles. The Hall–Kier alpha value is -2.44. The average Bonchev–Trinajstić information content (AvgIpc) is 2.94. The number of rotatable bonds is 6. The molecule has 1 amide bonds. The van der Waals surface area contributed by atoms with Gasteiger partial charge in [0, 0.05) is 25.2 Å². The minimum atomic E-state index is -0.509. The summed E-state index contributed by atoms with van der Waals surface area (Å²) in [6.45, 7) is 4.91. The highest BCUT2D eigenvalue weighted by molar-refractivity contribution is 5.92. The summed E-state index contributed by atoms with van der Waals surface area (Å²) >= 11 is 0. The Kier molecular flexibility index (Phi) is 4.29. The maximum atomic E-state index is 11.1. The largest absolute Gasteiger partial charge is 0.370 e. The molecule has 0 fully saturated rings. The van der Waals surface area contributed by atoms with E-state index in [1.165, 1.54) is 10.9 Å². The first kappa shape index (κ1) is 14.0. The summed E-state index contributed by atoms with van der Waals surface area (Å²) in [5, 5.41) is 7.33. The number of aryl methyl sites for hydroxylation is 1. The molecule has 0 aliphatic heterocycles. The van der Waals surface area contributed by atoms with Crippen molar-refractivity contribution < 1.29 is 4.79 Å². The molecule has 0 saturated carbocycles. The zero-order valence-corrected chi connectivity index (χ0v) is 11.6. The number of amides is 1. The number of nitrogens with two attached hydrogens (primary N) is 1. The first-order valence-corrected chi connectivity index (χ1v) is 6.60. The van der Waals surface area contributed by atoms with Crippen LogP contribution in [0.4, 0.5) is 5.82 Å². The third-order valence-electron chi connectivity index (χ3n) is 2.73. The Morgan fingerprint density at radius 3 is 2.80 bits per heavy atom. The molecule has 2 heterocycles. The molecule has 2 rings (SSSR count). The van der Waals surface area contributed by atoms with E-state index >= 15 is 0 Å². The van der Waals surface area contributed by atoms with Crippen molar-refractivity contribution in [3.8, 4) is 5.82 Å². The number of hydrogen-bond acceptors (Lipinski definition) is 5. The number of anilines is 1. The van der Waals surface area contributed by atoms with E-state index in [9.17, 15) is 4.79 Å². The van der Waals surface area contributed by atoms with E-state index in [2.05, 4.69) is 27.3 Å². The highest BCUT2D eigenvalue weighted by Gasteiger charge is 2.09. The summed E-state index contributed by atoms with van der Waals surface area (Å²) in [5.41, 5.74) is 5.57. The number of carbonyl (C=O) groups is 1. The predicted octanol–water partition coefficient (Wildman–Crippen LogP) is 1.15. The molecule has 20 heavy (non-hydrogen) atoms. The molecule has 0 atom stereocenters. The lowest BCUT2D eigenvalue weighted by molar-refractivity contribution is 0.100. The van der Waals surface area contributed by atoms with Gasteiger partial charge in [-0.05, 0) is 6.42 Å². The molecule has 106 valence electrons. The molecule has 2 aromatic heterocycles. The summed E-state index contributed by atoms with van der Waals surface area (Å²) in [6.07, 6.45) is 4.72. The lowest BCUT2D eigenvalue weighted by Crippen LogP contribution is -2.10. The quantitative estimate of drug-likeness (QED) is 0.823. The number of aromatic nitrogens is 4. The second-order valence-electron chi connectivity index (χ2n) is 4.35. The van der Waals surface area contributed by atoms with Gasteiger partial charge in [-0.3, -0.25) is 4.79 Å². The van der Waals surface area contributed by atoms with Crippen molar-refractivity contribution in [2.75, 3.05) is 11.9 Å². The number of hydrogen-bond donors (Lipinski definition) is 2. The Bertz CT molecular complexity index is 607.